The maximum Gasteiger partial charge on any atom is 0.220 e. The molecule has 0 aliphatic rings. The standard InChI is InChI=1S/C10H21NO2/c1-4-10(2,3)11-9(13)7-5-6-8-12/h12H,4-8H2,1-3H3,(H,11,13). The average molecular weight is 187 g/mol. The highest BCUT2D eigenvalue weighted by Gasteiger charge is 2.16. The van der Waals surface area contributed by atoms with Gasteiger partial charge in [-0.3, -0.25) is 4.79 Å². The summed E-state index contributed by atoms with van der Waals surface area (Å²) in [6, 6.07) is 0. The number of amides is 1. The van der Waals surface area contributed by atoms with E-state index in [2.05, 4.69) is 5.32 Å². The van der Waals surface area contributed by atoms with Gasteiger partial charge in [0, 0.05) is 18.6 Å². The number of hydrogen-bond donors (Lipinski definition) is 2. The van der Waals surface area contributed by atoms with Gasteiger partial charge in [0.05, 0.1) is 0 Å². The summed E-state index contributed by atoms with van der Waals surface area (Å²) in [5.74, 6) is 0.0836. The lowest BCUT2D eigenvalue weighted by atomic mass is 10.0. The first-order chi connectivity index (χ1) is 6.02. The van der Waals surface area contributed by atoms with E-state index in [0.29, 0.717) is 12.8 Å². The Morgan fingerprint density at radius 1 is 1.38 bits per heavy atom. The third kappa shape index (κ3) is 6.58. The first-order valence-electron chi connectivity index (χ1n) is 4.93. The molecule has 0 atom stereocenters. The summed E-state index contributed by atoms with van der Waals surface area (Å²) < 4.78 is 0. The molecule has 0 bridgehead atoms. The zero-order valence-electron chi connectivity index (χ0n) is 8.89. The highest BCUT2D eigenvalue weighted by atomic mass is 16.2. The zero-order chi connectivity index (χ0) is 10.3. The summed E-state index contributed by atoms with van der Waals surface area (Å²) in [5.41, 5.74) is -0.101. The minimum absolute atomic E-state index is 0.0836. The normalized spacial score (nSPS) is 11.4. The molecule has 0 aromatic rings. The molecule has 78 valence electrons. The van der Waals surface area contributed by atoms with Crippen LogP contribution in [0.1, 0.15) is 46.5 Å². The monoisotopic (exact) mass is 187 g/mol. The minimum Gasteiger partial charge on any atom is -0.396 e. The molecule has 0 aromatic heterocycles. The average Bonchev–Trinajstić information content (AvgIpc) is 2.04. The predicted octanol–water partition coefficient (Wildman–Crippen LogP) is 1.45. The van der Waals surface area contributed by atoms with Crippen molar-refractivity contribution in [3.63, 3.8) is 0 Å². The Hall–Kier alpha value is -0.570. The van der Waals surface area contributed by atoms with Crippen molar-refractivity contribution in [1.29, 1.82) is 0 Å². The summed E-state index contributed by atoms with van der Waals surface area (Å²) in [6.45, 7) is 6.24. The van der Waals surface area contributed by atoms with Crippen LogP contribution >= 0.6 is 0 Å². The van der Waals surface area contributed by atoms with E-state index in [1.165, 1.54) is 0 Å². The molecule has 13 heavy (non-hydrogen) atoms. The van der Waals surface area contributed by atoms with Gasteiger partial charge < -0.3 is 10.4 Å². The summed E-state index contributed by atoms with van der Waals surface area (Å²) in [4.78, 5) is 11.3. The van der Waals surface area contributed by atoms with Crippen molar-refractivity contribution in [3.05, 3.63) is 0 Å². The van der Waals surface area contributed by atoms with Crippen molar-refractivity contribution in [2.24, 2.45) is 0 Å². The minimum atomic E-state index is -0.101. The molecular weight excluding hydrogens is 166 g/mol. The molecular formula is C10H21NO2. The van der Waals surface area contributed by atoms with E-state index in [0.717, 1.165) is 12.8 Å². The Labute approximate surface area is 80.5 Å². The fraction of sp³-hybridized carbons (Fsp3) is 0.900. The molecule has 0 aromatic carbocycles. The van der Waals surface area contributed by atoms with E-state index in [-0.39, 0.29) is 18.1 Å². The van der Waals surface area contributed by atoms with Crippen LogP contribution < -0.4 is 5.32 Å². The van der Waals surface area contributed by atoms with Gasteiger partial charge in [0.1, 0.15) is 0 Å². The molecule has 0 fully saturated rings. The van der Waals surface area contributed by atoms with Gasteiger partial charge in [0.25, 0.3) is 0 Å². The van der Waals surface area contributed by atoms with Gasteiger partial charge in [0.2, 0.25) is 5.91 Å². The van der Waals surface area contributed by atoms with Gasteiger partial charge in [-0.15, -0.1) is 0 Å². The molecule has 1 amide bonds. The van der Waals surface area contributed by atoms with E-state index < -0.39 is 0 Å². The highest BCUT2D eigenvalue weighted by molar-refractivity contribution is 5.76. The van der Waals surface area contributed by atoms with Crippen molar-refractivity contribution in [2.75, 3.05) is 6.61 Å². The SMILES string of the molecule is CCC(C)(C)NC(=O)CCCCO. The second-order valence-electron chi connectivity index (χ2n) is 3.97. The highest BCUT2D eigenvalue weighted by Crippen LogP contribution is 2.07. The summed E-state index contributed by atoms with van der Waals surface area (Å²) in [5, 5.41) is 11.5. The molecule has 0 radical (unpaired) electrons. The van der Waals surface area contributed by atoms with Crippen molar-refractivity contribution in [1.82, 2.24) is 5.32 Å². The topological polar surface area (TPSA) is 49.3 Å². The van der Waals surface area contributed by atoms with Crippen LogP contribution in [0.25, 0.3) is 0 Å². The number of rotatable bonds is 6. The molecule has 2 N–H and O–H groups in total. The van der Waals surface area contributed by atoms with E-state index >= 15 is 0 Å². The maximum atomic E-state index is 11.3. The number of nitrogens with one attached hydrogen (secondary N) is 1. The maximum absolute atomic E-state index is 11.3. The molecule has 0 spiro atoms. The molecule has 0 aliphatic heterocycles. The van der Waals surface area contributed by atoms with Crippen molar-refractivity contribution < 1.29 is 9.90 Å². The second kappa shape index (κ2) is 5.97. The van der Waals surface area contributed by atoms with Crippen molar-refractivity contribution in [2.45, 2.75) is 52.0 Å². The zero-order valence-corrected chi connectivity index (χ0v) is 8.89. The summed E-state index contributed by atoms with van der Waals surface area (Å²) >= 11 is 0. The number of carbonyl (C=O) groups excluding carboxylic acids is 1. The lowest BCUT2D eigenvalue weighted by Gasteiger charge is -2.24. The summed E-state index contributed by atoms with van der Waals surface area (Å²) in [6.07, 6.45) is 2.92. The Morgan fingerprint density at radius 3 is 2.46 bits per heavy atom. The quantitative estimate of drug-likeness (QED) is 0.618. The first-order valence-corrected chi connectivity index (χ1v) is 4.93. The van der Waals surface area contributed by atoms with Crippen LogP contribution in [-0.4, -0.2) is 23.2 Å². The third-order valence-electron chi connectivity index (χ3n) is 2.17. The largest absolute Gasteiger partial charge is 0.396 e. The number of unbranched alkanes of at least 4 members (excludes halogenated alkanes) is 1. The Morgan fingerprint density at radius 2 is 2.00 bits per heavy atom. The molecule has 0 saturated heterocycles. The number of aliphatic hydroxyl groups is 1. The molecule has 0 aliphatic carbocycles. The van der Waals surface area contributed by atoms with Crippen LogP contribution in [0.15, 0.2) is 0 Å². The van der Waals surface area contributed by atoms with Crippen LogP contribution in [0.4, 0.5) is 0 Å². The molecule has 3 nitrogen and oxygen atoms in total. The van der Waals surface area contributed by atoms with Gasteiger partial charge >= 0.3 is 0 Å². The fourth-order valence-electron chi connectivity index (χ4n) is 0.926. The van der Waals surface area contributed by atoms with Gasteiger partial charge in [-0.1, -0.05) is 6.92 Å². The Kier molecular flexibility index (Phi) is 5.71. The molecule has 0 heterocycles. The summed E-state index contributed by atoms with van der Waals surface area (Å²) in [7, 11) is 0. The van der Waals surface area contributed by atoms with Gasteiger partial charge in [0.15, 0.2) is 0 Å². The van der Waals surface area contributed by atoms with Crippen molar-refractivity contribution >= 4 is 5.91 Å². The number of carbonyl (C=O) groups is 1. The number of aliphatic hydroxyl groups excluding tert-OH is 1. The first kappa shape index (κ1) is 12.4. The smallest absolute Gasteiger partial charge is 0.220 e. The molecule has 0 rings (SSSR count). The van der Waals surface area contributed by atoms with E-state index in [1.54, 1.807) is 0 Å². The third-order valence-corrected chi connectivity index (χ3v) is 2.17. The molecule has 0 unspecified atom stereocenters. The lowest BCUT2D eigenvalue weighted by Crippen LogP contribution is -2.42. The van der Waals surface area contributed by atoms with E-state index in [1.807, 2.05) is 20.8 Å². The van der Waals surface area contributed by atoms with Crippen molar-refractivity contribution in [3.8, 4) is 0 Å². The van der Waals surface area contributed by atoms with Gasteiger partial charge in [-0.05, 0) is 33.1 Å². The Bertz CT molecular complexity index is 155. The van der Waals surface area contributed by atoms with Crippen LogP contribution in [-0.2, 0) is 4.79 Å². The van der Waals surface area contributed by atoms with Gasteiger partial charge in [-0.2, -0.15) is 0 Å². The van der Waals surface area contributed by atoms with Crippen LogP contribution in [0.5, 0.6) is 0 Å². The van der Waals surface area contributed by atoms with E-state index in [9.17, 15) is 4.79 Å². The van der Waals surface area contributed by atoms with Gasteiger partial charge in [-0.25, -0.2) is 0 Å². The fourth-order valence-corrected chi connectivity index (χ4v) is 0.926. The number of hydrogen-bond acceptors (Lipinski definition) is 2. The van der Waals surface area contributed by atoms with E-state index in [4.69, 9.17) is 5.11 Å². The molecule has 0 saturated carbocycles. The predicted molar refractivity (Wildman–Crippen MR) is 53.4 cm³/mol. The van der Waals surface area contributed by atoms with Crippen LogP contribution in [0.3, 0.4) is 0 Å². The molecule has 3 heteroatoms. The van der Waals surface area contributed by atoms with Crippen LogP contribution in [0, 0.1) is 0 Å². The Balaban J connectivity index is 3.62. The van der Waals surface area contributed by atoms with Crippen LogP contribution in [0.2, 0.25) is 0 Å². The second-order valence-corrected chi connectivity index (χ2v) is 3.97. The lowest BCUT2D eigenvalue weighted by molar-refractivity contribution is -0.122.